The molecule has 3 aromatic carbocycles. The van der Waals surface area contributed by atoms with E-state index in [2.05, 4.69) is 11.4 Å². The first kappa shape index (κ1) is 20.7. The normalized spacial score (nSPS) is 12.4. The molecule has 0 aromatic heterocycles. The van der Waals surface area contributed by atoms with Gasteiger partial charge in [-0.15, -0.1) is 0 Å². The summed E-state index contributed by atoms with van der Waals surface area (Å²) in [5.74, 6) is 0.401. The average Bonchev–Trinajstić information content (AvgIpc) is 3.21. The Morgan fingerprint density at radius 2 is 1.87 bits per heavy atom. The van der Waals surface area contributed by atoms with Crippen LogP contribution in [0.15, 0.2) is 66.7 Å². The van der Waals surface area contributed by atoms with Gasteiger partial charge >= 0.3 is 0 Å². The lowest BCUT2D eigenvalue weighted by Crippen LogP contribution is -2.29. The number of rotatable bonds is 6. The van der Waals surface area contributed by atoms with Crippen LogP contribution in [-0.4, -0.2) is 25.0 Å². The number of nitrogens with zero attached hydrogens (tertiary/aromatic N) is 1. The molecule has 1 N–H and O–H groups in total. The Bertz CT molecular complexity index is 1120. The van der Waals surface area contributed by atoms with E-state index in [-0.39, 0.29) is 11.8 Å². The Kier molecular flexibility index (Phi) is 6.03. The van der Waals surface area contributed by atoms with Crippen molar-refractivity contribution in [2.45, 2.75) is 26.8 Å². The van der Waals surface area contributed by atoms with E-state index in [4.69, 9.17) is 4.74 Å². The molecule has 0 saturated carbocycles. The van der Waals surface area contributed by atoms with E-state index in [1.807, 2.05) is 67.3 Å². The molecule has 4 rings (SSSR count). The van der Waals surface area contributed by atoms with Crippen molar-refractivity contribution >= 4 is 17.5 Å². The lowest BCUT2D eigenvalue weighted by molar-refractivity contribution is 0.0945. The van der Waals surface area contributed by atoms with Crippen molar-refractivity contribution in [1.82, 2.24) is 5.32 Å². The van der Waals surface area contributed by atoms with Gasteiger partial charge in [0.1, 0.15) is 5.75 Å². The zero-order chi connectivity index (χ0) is 21.8. The van der Waals surface area contributed by atoms with Crippen molar-refractivity contribution < 1.29 is 14.3 Å². The number of fused-ring (bicyclic) bond motifs is 1. The fourth-order valence-corrected chi connectivity index (χ4v) is 3.89. The zero-order valence-electron chi connectivity index (χ0n) is 17.9. The van der Waals surface area contributed by atoms with Crippen LogP contribution in [0.1, 0.15) is 44.3 Å². The lowest BCUT2D eigenvalue weighted by Gasteiger charge is -2.18. The standard InChI is InChI=1S/C26H26N2O3/c1-3-31-24-10-5-4-9-22(24)25(29)27-17-19-11-12-20-13-14-28(23(20)16-19)26(30)21-8-6-7-18(2)15-21/h4-12,15-16H,3,13-14,17H2,1-2H3,(H,27,29). The van der Waals surface area contributed by atoms with Crippen LogP contribution in [-0.2, 0) is 13.0 Å². The molecule has 0 bridgehead atoms. The maximum atomic E-state index is 13.1. The van der Waals surface area contributed by atoms with Crippen LogP contribution in [0.3, 0.4) is 0 Å². The van der Waals surface area contributed by atoms with Crippen molar-refractivity contribution in [3.63, 3.8) is 0 Å². The highest BCUT2D eigenvalue weighted by Gasteiger charge is 2.26. The first-order valence-corrected chi connectivity index (χ1v) is 10.6. The van der Waals surface area contributed by atoms with E-state index in [0.29, 0.717) is 36.6 Å². The number of anilines is 1. The van der Waals surface area contributed by atoms with Crippen LogP contribution >= 0.6 is 0 Å². The fraction of sp³-hybridized carbons (Fsp3) is 0.231. The van der Waals surface area contributed by atoms with Gasteiger partial charge in [0.25, 0.3) is 11.8 Å². The largest absolute Gasteiger partial charge is 0.493 e. The molecule has 0 atom stereocenters. The Labute approximate surface area is 182 Å². The SMILES string of the molecule is CCOc1ccccc1C(=O)NCc1ccc2c(c1)N(C(=O)c1cccc(C)c1)CC2. The van der Waals surface area contributed by atoms with Crippen molar-refractivity contribution in [2.75, 3.05) is 18.1 Å². The number of ether oxygens (including phenoxy) is 1. The molecule has 0 fully saturated rings. The summed E-state index contributed by atoms with van der Waals surface area (Å²) in [7, 11) is 0. The number of amides is 2. The molecule has 31 heavy (non-hydrogen) atoms. The molecule has 0 saturated heterocycles. The number of para-hydroxylation sites is 1. The van der Waals surface area contributed by atoms with Gasteiger partial charge in [-0.25, -0.2) is 0 Å². The molecule has 3 aromatic rings. The van der Waals surface area contributed by atoms with E-state index in [1.54, 1.807) is 12.1 Å². The third-order valence-corrected chi connectivity index (χ3v) is 5.44. The molecule has 2 amide bonds. The van der Waals surface area contributed by atoms with Gasteiger partial charge < -0.3 is 15.0 Å². The second kappa shape index (κ2) is 9.04. The van der Waals surface area contributed by atoms with Gasteiger partial charge in [0, 0.05) is 24.3 Å². The molecule has 1 aliphatic rings. The number of carbonyl (C=O) groups excluding carboxylic acids is 2. The van der Waals surface area contributed by atoms with Gasteiger partial charge in [0.15, 0.2) is 0 Å². The van der Waals surface area contributed by atoms with Crippen LogP contribution in [0.4, 0.5) is 5.69 Å². The molecular weight excluding hydrogens is 388 g/mol. The minimum atomic E-state index is -0.183. The third kappa shape index (κ3) is 4.45. The van der Waals surface area contributed by atoms with Gasteiger partial charge in [-0.3, -0.25) is 9.59 Å². The highest BCUT2D eigenvalue weighted by molar-refractivity contribution is 6.07. The fourth-order valence-electron chi connectivity index (χ4n) is 3.89. The summed E-state index contributed by atoms with van der Waals surface area (Å²) in [6.07, 6.45) is 0.835. The van der Waals surface area contributed by atoms with Crippen molar-refractivity contribution in [3.8, 4) is 5.75 Å². The van der Waals surface area contributed by atoms with Gasteiger partial charge in [-0.1, -0.05) is 42.0 Å². The Morgan fingerprint density at radius 1 is 1.03 bits per heavy atom. The molecule has 5 nitrogen and oxygen atoms in total. The molecule has 1 heterocycles. The van der Waals surface area contributed by atoms with Gasteiger partial charge in [-0.2, -0.15) is 0 Å². The average molecular weight is 415 g/mol. The Hall–Kier alpha value is -3.60. The van der Waals surface area contributed by atoms with Crippen LogP contribution < -0.4 is 15.0 Å². The number of hydrogen-bond donors (Lipinski definition) is 1. The number of carbonyl (C=O) groups is 2. The Balaban J connectivity index is 1.49. The molecular formula is C26H26N2O3. The number of aryl methyl sites for hydroxylation is 1. The van der Waals surface area contributed by atoms with E-state index in [1.165, 1.54) is 0 Å². The summed E-state index contributed by atoms with van der Waals surface area (Å²) < 4.78 is 5.56. The number of benzene rings is 3. The molecule has 0 spiro atoms. The summed E-state index contributed by atoms with van der Waals surface area (Å²) in [5, 5.41) is 2.97. The molecule has 1 aliphatic heterocycles. The minimum absolute atomic E-state index is 0.00859. The predicted molar refractivity (Wildman–Crippen MR) is 122 cm³/mol. The van der Waals surface area contributed by atoms with E-state index in [0.717, 1.165) is 28.8 Å². The lowest BCUT2D eigenvalue weighted by atomic mass is 10.1. The third-order valence-electron chi connectivity index (χ3n) is 5.44. The maximum absolute atomic E-state index is 13.1. The molecule has 0 unspecified atom stereocenters. The minimum Gasteiger partial charge on any atom is -0.493 e. The first-order chi connectivity index (χ1) is 15.1. The summed E-state index contributed by atoms with van der Waals surface area (Å²) in [5.41, 5.74) is 5.30. The number of hydrogen-bond acceptors (Lipinski definition) is 3. The Morgan fingerprint density at radius 3 is 2.68 bits per heavy atom. The van der Waals surface area contributed by atoms with Crippen LogP contribution in [0.25, 0.3) is 0 Å². The molecule has 0 radical (unpaired) electrons. The van der Waals surface area contributed by atoms with Crippen LogP contribution in [0.2, 0.25) is 0 Å². The zero-order valence-corrected chi connectivity index (χ0v) is 17.9. The predicted octanol–water partition coefficient (Wildman–Crippen LogP) is 4.53. The quantitative estimate of drug-likeness (QED) is 0.645. The van der Waals surface area contributed by atoms with E-state index < -0.39 is 0 Å². The molecule has 158 valence electrons. The highest BCUT2D eigenvalue weighted by Crippen LogP contribution is 2.30. The summed E-state index contributed by atoms with van der Waals surface area (Å²) in [4.78, 5) is 27.6. The van der Waals surface area contributed by atoms with Crippen molar-refractivity contribution in [2.24, 2.45) is 0 Å². The summed E-state index contributed by atoms with van der Waals surface area (Å²) in [6, 6.07) is 20.9. The van der Waals surface area contributed by atoms with Crippen LogP contribution in [0.5, 0.6) is 5.75 Å². The van der Waals surface area contributed by atoms with Gasteiger partial charge in [0.2, 0.25) is 0 Å². The first-order valence-electron chi connectivity index (χ1n) is 10.6. The second-order valence-corrected chi connectivity index (χ2v) is 7.65. The molecule has 5 heteroatoms. The van der Waals surface area contributed by atoms with E-state index >= 15 is 0 Å². The van der Waals surface area contributed by atoms with Crippen molar-refractivity contribution in [3.05, 3.63) is 94.5 Å². The second-order valence-electron chi connectivity index (χ2n) is 7.65. The van der Waals surface area contributed by atoms with E-state index in [9.17, 15) is 9.59 Å². The molecule has 0 aliphatic carbocycles. The van der Waals surface area contributed by atoms with Gasteiger partial charge in [0.05, 0.1) is 12.2 Å². The maximum Gasteiger partial charge on any atom is 0.258 e. The summed E-state index contributed by atoms with van der Waals surface area (Å²) in [6.45, 7) is 5.42. The monoisotopic (exact) mass is 414 g/mol. The highest BCUT2D eigenvalue weighted by atomic mass is 16.5. The number of nitrogens with one attached hydrogen (secondary N) is 1. The summed E-state index contributed by atoms with van der Waals surface area (Å²) >= 11 is 0. The van der Waals surface area contributed by atoms with Crippen molar-refractivity contribution in [1.29, 1.82) is 0 Å². The van der Waals surface area contributed by atoms with Crippen LogP contribution in [0, 0.1) is 6.92 Å². The topological polar surface area (TPSA) is 58.6 Å². The smallest absolute Gasteiger partial charge is 0.258 e. The van der Waals surface area contributed by atoms with Gasteiger partial charge in [-0.05, 0) is 61.7 Å².